The quantitative estimate of drug-likeness (QED) is 0.454. The van der Waals surface area contributed by atoms with Gasteiger partial charge in [-0.1, -0.05) is 60.4 Å². The molecule has 0 radical (unpaired) electrons. The first-order chi connectivity index (χ1) is 15.7. The minimum Gasteiger partial charge on any atom is -0.449 e. The molecule has 0 bridgehead atoms. The highest BCUT2D eigenvalue weighted by molar-refractivity contribution is 5.79. The number of halogens is 1. The molecular weight excluding hydrogens is 403 g/mol. The zero-order valence-corrected chi connectivity index (χ0v) is 17.4. The van der Waals surface area contributed by atoms with Crippen molar-refractivity contribution in [3.8, 4) is 29.0 Å². The molecule has 4 rings (SSSR count). The summed E-state index contributed by atoms with van der Waals surface area (Å²) in [5.41, 5.74) is 5.68. The van der Waals surface area contributed by atoms with Crippen molar-refractivity contribution in [3.63, 3.8) is 0 Å². The minimum absolute atomic E-state index is 0.00466. The molecule has 5 heteroatoms. The molecule has 1 aliphatic carbocycles. The molecule has 0 fully saturated rings. The largest absolute Gasteiger partial charge is 0.449 e. The van der Waals surface area contributed by atoms with E-state index in [1.54, 1.807) is 12.1 Å². The van der Waals surface area contributed by atoms with E-state index < -0.39 is 11.9 Å². The molecule has 3 aromatic rings. The van der Waals surface area contributed by atoms with Gasteiger partial charge in [0.25, 0.3) is 0 Å². The van der Waals surface area contributed by atoms with Crippen molar-refractivity contribution < 1.29 is 13.9 Å². The van der Waals surface area contributed by atoms with E-state index in [9.17, 15) is 9.18 Å². The molecule has 1 N–H and O–H groups in total. The number of carbonyl (C=O) groups is 1. The SMILES string of the molecule is N#CCc1cc(C#CCCNC(=O)OCC2c3ccccc3-c3ccccc32)ccc1F. The molecule has 4 nitrogen and oxygen atoms in total. The van der Waals surface area contributed by atoms with Crippen LogP contribution in [0.2, 0.25) is 0 Å². The topological polar surface area (TPSA) is 62.1 Å². The summed E-state index contributed by atoms with van der Waals surface area (Å²) in [7, 11) is 0. The lowest BCUT2D eigenvalue weighted by molar-refractivity contribution is 0.143. The van der Waals surface area contributed by atoms with Gasteiger partial charge in [-0.2, -0.15) is 5.26 Å². The van der Waals surface area contributed by atoms with Gasteiger partial charge in [-0.05, 0) is 40.5 Å². The van der Waals surface area contributed by atoms with Gasteiger partial charge in [-0.25, -0.2) is 9.18 Å². The molecule has 0 spiro atoms. The average Bonchev–Trinajstić information content (AvgIpc) is 3.13. The molecule has 0 aromatic heterocycles. The van der Waals surface area contributed by atoms with Crippen LogP contribution < -0.4 is 5.32 Å². The lowest BCUT2D eigenvalue weighted by Gasteiger charge is -2.14. The Morgan fingerprint density at radius 1 is 1.03 bits per heavy atom. The summed E-state index contributed by atoms with van der Waals surface area (Å²) in [4.78, 5) is 12.2. The Balaban J connectivity index is 1.28. The highest BCUT2D eigenvalue weighted by Gasteiger charge is 2.28. The Morgan fingerprint density at radius 3 is 2.41 bits per heavy atom. The molecule has 3 aromatic carbocycles. The maximum absolute atomic E-state index is 13.6. The molecule has 1 aliphatic rings. The third-order valence-corrected chi connectivity index (χ3v) is 5.41. The number of rotatable bonds is 5. The van der Waals surface area contributed by atoms with Crippen molar-refractivity contribution in [2.45, 2.75) is 18.8 Å². The number of hydrogen-bond donors (Lipinski definition) is 1. The predicted octanol–water partition coefficient (Wildman–Crippen LogP) is 5.17. The first-order valence-corrected chi connectivity index (χ1v) is 10.4. The number of hydrogen-bond acceptors (Lipinski definition) is 3. The molecule has 0 saturated carbocycles. The molecule has 0 atom stereocenters. The molecule has 0 aliphatic heterocycles. The number of amides is 1. The van der Waals surface area contributed by atoms with E-state index >= 15 is 0 Å². The first kappa shape index (κ1) is 21.2. The molecule has 158 valence electrons. The number of ether oxygens (including phenoxy) is 1. The van der Waals surface area contributed by atoms with Crippen molar-refractivity contribution in [2.75, 3.05) is 13.2 Å². The third-order valence-electron chi connectivity index (χ3n) is 5.41. The molecule has 0 saturated heterocycles. The normalized spacial score (nSPS) is 11.5. The van der Waals surface area contributed by atoms with Crippen LogP contribution in [-0.4, -0.2) is 19.2 Å². The van der Waals surface area contributed by atoms with Gasteiger partial charge in [-0.15, -0.1) is 0 Å². The van der Waals surface area contributed by atoms with Crippen LogP contribution >= 0.6 is 0 Å². The molecule has 0 heterocycles. The maximum atomic E-state index is 13.6. The fraction of sp³-hybridized carbons (Fsp3) is 0.185. The standard InChI is InChI=1S/C27H21FN2O2/c28-26-13-12-19(17-20(26)14-15-29)7-5-6-16-30-27(31)32-18-25-23-10-3-1-8-21(23)22-9-2-4-11-24(22)25/h1-4,8-13,17,25H,6,14,16,18H2,(H,30,31). The minimum atomic E-state index is -0.480. The third kappa shape index (κ3) is 4.63. The molecular formula is C27H21FN2O2. The lowest BCUT2D eigenvalue weighted by atomic mass is 9.98. The van der Waals surface area contributed by atoms with Gasteiger partial charge in [0, 0.05) is 30.0 Å². The summed E-state index contributed by atoms with van der Waals surface area (Å²) in [6.45, 7) is 0.610. The maximum Gasteiger partial charge on any atom is 0.407 e. The second-order valence-electron chi connectivity index (χ2n) is 7.45. The Kier molecular flexibility index (Phi) is 6.49. The van der Waals surface area contributed by atoms with Gasteiger partial charge in [-0.3, -0.25) is 0 Å². The van der Waals surface area contributed by atoms with Crippen LogP contribution in [0.4, 0.5) is 9.18 Å². The van der Waals surface area contributed by atoms with Gasteiger partial charge in [0.1, 0.15) is 12.4 Å². The van der Waals surface area contributed by atoms with Gasteiger partial charge in [0.2, 0.25) is 0 Å². The fourth-order valence-electron chi connectivity index (χ4n) is 3.91. The Labute approximate surface area is 186 Å². The monoisotopic (exact) mass is 424 g/mol. The van der Waals surface area contributed by atoms with E-state index in [2.05, 4.69) is 41.4 Å². The van der Waals surface area contributed by atoms with Gasteiger partial charge >= 0.3 is 6.09 Å². The molecule has 0 unspecified atom stereocenters. The second-order valence-corrected chi connectivity index (χ2v) is 7.45. The summed E-state index contributed by atoms with van der Waals surface area (Å²) < 4.78 is 19.1. The number of nitrogens with zero attached hydrogens (tertiary/aromatic N) is 1. The van der Waals surface area contributed by atoms with Crippen LogP contribution in [0.3, 0.4) is 0 Å². The zero-order valence-electron chi connectivity index (χ0n) is 17.4. The van der Waals surface area contributed by atoms with Crippen molar-refractivity contribution in [1.82, 2.24) is 5.32 Å². The van der Waals surface area contributed by atoms with Crippen LogP contribution in [-0.2, 0) is 11.2 Å². The van der Waals surface area contributed by atoms with Gasteiger partial charge in [0.05, 0.1) is 12.5 Å². The smallest absolute Gasteiger partial charge is 0.407 e. The van der Waals surface area contributed by atoms with E-state index in [0.29, 0.717) is 24.1 Å². The first-order valence-electron chi connectivity index (χ1n) is 10.4. The van der Waals surface area contributed by atoms with E-state index in [-0.39, 0.29) is 18.9 Å². The predicted molar refractivity (Wildman–Crippen MR) is 120 cm³/mol. The van der Waals surface area contributed by atoms with E-state index in [4.69, 9.17) is 10.00 Å². The van der Waals surface area contributed by atoms with Crippen molar-refractivity contribution in [2.24, 2.45) is 0 Å². The van der Waals surface area contributed by atoms with Crippen molar-refractivity contribution in [1.29, 1.82) is 5.26 Å². The van der Waals surface area contributed by atoms with E-state index in [0.717, 1.165) is 0 Å². The number of nitrogens with one attached hydrogen (secondary N) is 1. The van der Waals surface area contributed by atoms with E-state index in [1.807, 2.05) is 30.3 Å². The number of fused-ring (bicyclic) bond motifs is 3. The Hall–Kier alpha value is -4.09. The number of nitriles is 1. The molecule has 32 heavy (non-hydrogen) atoms. The lowest BCUT2D eigenvalue weighted by Crippen LogP contribution is -2.26. The number of benzene rings is 3. The van der Waals surface area contributed by atoms with Crippen molar-refractivity contribution in [3.05, 3.63) is 94.8 Å². The number of carbonyl (C=O) groups excluding carboxylic acids is 1. The van der Waals surface area contributed by atoms with Crippen LogP contribution in [0.1, 0.15) is 34.6 Å². The second kappa shape index (κ2) is 9.81. The van der Waals surface area contributed by atoms with Crippen molar-refractivity contribution >= 4 is 6.09 Å². The summed E-state index contributed by atoms with van der Waals surface area (Å²) in [6.07, 6.45) is -0.0495. The van der Waals surface area contributed by atoms with Crippen LogP contribution in [0.15, 0.2) is 66.7 Å². The average molecular weight is 424 g/mol. The fourth-order valence-corrected chi connectivity index (χ4v) is 3.91. The highest BCUT2D eigenvalue weighted by atomic mass is 19.1. The molecule has 1 amide bonds. The summed E-state index contributed by atoms with van der Waals surface area (Å²) >= 11 is 0. The summed E-state index contributed by atoms with van der Waals surface area (Å²) in [5.74, 6) is 5.48. The summed E-state index contributed by atoms with van der Waals surface area (Å²) in [5, 5.41) is 11.5. The van der Waals surface area contributed by atoms with Gasteiger partial charge < -0.3 is 10.1 Å². The van der Waals surface area contributed by atoms with Crippen LogP contribution in [0.5, 0.6) is 0 Å². The summed E-state index contributed by atoms with van der Waals surface area (Å²) in [6, 6.07) is 22.8. The van der Waals surface area contributed by atoms with Crippen LogP contribution in [0, 0.1) is 29.0 Å². The van der Waals surface area contributed by atoms with Gasteiger partial charge in [0.15, 0.2) is 0 Å². The zero-order chi connectivity index (χ0) is 22.3. The van der Waals surface area contributed by atoms with Crippen LogP contribution in [0.25, 0.3) is 11.1 Å². The Bertz CT molecular complexity index is 1200. The highest BCUT2D eigenvalue weighted by Crippen LogP contribution is 2.44. The number of alkyl carbamates (subject to hydrolysis) is 1. The Morgan fingerprint density at radius 2 is 1.72 bits per heavy atom. The van der Waals surface area contributed by atoms with E-state index in [1.165, 1.54) is 28.3 Å².